The second-order valence-corrected chi connectivity index (χ2v) is 13.4. The summed E-state index contributed by atoms with van der Waals surface area (Å²) >= 11 is 18.7. The molecular weight excluding hydrogens is 569 g/mol. The van der Waals surface area contributed by atoms with E-state index in [2.05, 4.69) is 5.32 Å². The molecule has 0 saturated carbocycles. The third-order valence-corrected chi connectivity index (χ3v) is 8.08. The molecule has 7 nitrogen and oxygen atoms in total. The largest absolute Gasteiger partial charge is 0.350 e. The number of anilines is 1. The molecule has 0 aliphatic heterocycles. The highest BCUT2D eigenvalue weighted by atomic mass is 35.5. The number of nitrogens with zero attached hydrogens (tertiary/aromatic N) is 2. The minimum atomic E-state index is -3.63. The smallest absolute Gasteiger partial charge is 0.243 e. The van der Waals surface area contributed by atoms with Crippen LogP contribution in [0.3, 0.4) is 0 Å². The van der Waals surface area contributed by atoms with E-state index < -0.39 is 21.6 Å². The van der Waals surface area contributed by atoms with E-state index in [0.717, 1.165) is 6.26 Å². The van der Waals surface area contributed by atoms with Gasteiger partial charge in [-0.15, -0.1) is 0 Å². The highest BCUT2D eigenvalue weighted by Gasteiger charge is 2.31. The van der Waals surface area contributed by atoms with Gasteiger partial charge in [0, 0.05) is 40.1 Å². The van der Waals surface area contributed by atoms with Gasteiger partial charge in [-0.25, -0.2) is 8.42 Å². The summed E-state index contributed by atoms with van der Waals surface area (Å²) in [7, 11) is -3.63. The molecule has 38 heavy (non-hydrogen) atoms. The summed E-state index contributed by atoms with van der Waals surface area (Å²) in [5, 5.41) is 4.26. The molecule has 11 heteroatoms. The van der Waals surface area contributed by atoms with Gasteiger partial charge in [0.1, 0.15) is 6.04 Å². The molecule has 0 aliphatic rings. The molecule has 210 valence electrons. The van der Waals surface area contributed by atoms with Crippen molar-refractivity contribution in [1.82, 2.24) is 10.2 Å². The highest BCUT2D eigenvalue weighted by Crippen LogP contribution is 2.29. The number of halogens is 3. The van der Waals surface area contributed by atoms with Crippen LogP contribution in [0.25, 0.3) is 0 Å². The van der Waals surface area contributed by atoms with Crippen molar-refractivity contribution in [2.24, 2.45) is 0 Å². The molecule has 0 saturated heterocycles. The zero-order valence-electron chi connectivity index (χ0n) is 22.6. The molecule has 2 rings (SSSR count). The third kappa shape index (κ3) is 9.04. The summed E-state index contributed by atoms with van der Waals surface area (Å²) in [6.45, 7) is 9.38. The van der Waals surface area contributed by atoms with Crippen LogP contribution in [-0.4, -0.2) is 49.5 Å². The Morgan fingerprint density at radius 1 is 1.05 bits per heavy atom. The first kappa shape index (κ1) is 32.2. The number of amides is 2. The van der Waals surface area contributed by atoms with Crippen LogP contribution in [0.4, 0.5) is 5.69 Å². The standard InChI is InChI=1S/C27H36Cl3N3O4S/c1-7-23(26(35)31-27(3,4)5)32(17-19-13-14-20(28)16-22(19)30)25(34)12-9-15-33(38(6,36)37)24-11-8-10-21(29)18(24)2/h8,10-11,13-14,16,23H,7,9,12,15,17H2,1-6H3,(H,31,35). The molecular formula is C27H36Cl3N3O4S. The summed E-state index contributed by atoms with van der Waals surface area (Å²) < 4.78 is 26.4. The molecule has 2 amide bonds. The van der Waals surface area contributed by atoms with Gasteiger partial charge in [0.05, 0.1) is 11.9 Å². The fourth-order valence-electron chi connectivity index (χ4n) is 4.05. The van der Waals surface area contributed by atoms with Crippen molar-refractivity contribution in [1.29, 1.82) is 0 Å². The van der Waals surface area contributed by atoms with Gasteiger partial charge in [0.2, 0.25) is 21.8 Å². The highest BCUT2D eigenvalue weighted by molar-refractivity contribution is 7.92. The number of hydrogen-bond acceptors (Lipinski definition) is 4. The lowest BCUT2D eigenvalue weighted by atomic mass is 10.0. The first-order valence-corrected chi connectivity index (χ1v) is 15.3. The van der Waals surface area contributed by atoms with Gasteiger partial charge in [0.15, 0.2) is 0 Å². The van der Waals surface area contributed by atoms with Gasteiger partial charge in [-0.05, 0) is 75.9 Å². The first-order valence-electron chi connectivity index (χ1n) is 12.3. The van der Waals surface area contributed by atoms with Crippen LogP contribution in [0.2, 0.25) is 15.1 Å². The van der Waals surface area contributed by atoms with E-state index in [0.29, 0.717) is 38.3 Å². The van der Waals surface area contributed by atoms with Gasteiger partial charge in [-0.2, -0.15) is 0 Å². The summed E-state index contributed by atoms with van der Waals surface area (Å²) in [6.07, 6.45) is 1.76. The van der Waals surface area contributed by atoms with Gasteiger partial charge in [-0.3, -0.25) is 13.9 Å². The normalized spacial score (nSPS) is 12.7. The zero-order valence-corrected chi connectivity index (χ0v) is 25.7. The van der Waals surface area contributed by atoms with Crippen molar-refractivity contribution >= 4 is 62.3 Å². The third-order valence-electron chi connectivity index (χ3n) is 5.90. The molecule has 1 atom stereocenters. The fourth-order valence-corrected chi connectivity index (χ4v) is 5.71. The Morgan fingerprint density at radius 2 is 1.71 bits per heavy atom. The lowest BCUT2D eigenvalue weighted by molar-refractivity contribution is -0.142. The van der Waals surface area contributed by atoms with Crippen molar-refractivity contribution in [3.05, 3.63) is 62.6 Å². The molecule has 0 fully saturated rings. The average molecular weight is 605 g/mol. The fraction of sp³-hybridized carbons (Fsp3) is 0.481. The quantitative estimate of drug-likeness (QED) is 0.330. The maximum Gasteiger partial charge on any atom is 0.243 e. The second-order valence-electron chi connectivity index (χ2n) is 10.2. The predicted molar refractivity (Wildman–Crippen MR) is 157 cm³/mol. The molecule has 1 unspecified atom stereocenters. The Bertz CT molecular complexity index is 1260. The maximum atomic E-state index is 13.6. The van der Waals surface area contributed by atoms with E-state index in [1.807, 2.05) is 27.7 Å². The van der Waals surface area contributed by atoms with Crippen LogP contribution >= 0.6 is 34.8 Å². The van der Waals surface area contributed by atoms with Gasteiger partial charge >= 0.3 is 0 Å². The molecule has 2 aromatic rings. The zero-order chi connectivity index (χ0) is 28.8. The van der Waals surface area contributed by atoms with E-state index in [4.69, 9.17) is 34.8 Å². The van der Waals surface area contributed by atoms with Gasteiger partial charge in [0.25, 0.3) is 0 Å². The van der Waals surface area contributed by atoms with Crippen molar-refractivity contribution in [3.8, 4) is 0 Å². The van der Waals surface area contributed by atoms with E-state index >= 15 is 0 Å². The molecule has 0 aromatic heterocycles. The number of sulfonamides is 1. The molecule has 0 spiro atoms. The van der Waals surface area contributed by atoms with Crippen LogP contribution in [0.1, 0.15) is 58.1 Å². The number of carbonyl (C=O) groups excluding carboxylic acids is 2. The number of carbonyl (C=O) groups is 2. The number of benzene rings is 2. The Hall–Kier alpha value is -2.00. The van der Waals surface area contributed by atoms with Crippen molar-refractivity contribution < 1.29 is 18.0 Å². The number of hydrogen-bond donors (Lipinski definition) is 1. The molecule has 0 bridgehead atoms. The summed E-state index contributed by atoms with van der Waals surface area (Å²) in [6, 6.07) is 9.32. The Kier molecular flexibility index (Phi) is 11.3. The van der Waals surface area contributed by atoms with Crippen LogP contribution in [0.5, 0.6) is 0 Å². The summed E-state index contributed by atoms with van der Waals surface area (Å²) in [5.74, 6) is -0.561. The minimum Gasteiger partial charge on any atom is -0.350 e. The lowest BCUT2D eigenvalue weighted by Gasteiger charge is -2.33. The second kappa shape index (κ2) is 13.4. The molecule has 1 N–H and O–H groups in total. The van der Waals surface area contributed by atoms with Crippen LogP contribution in [0, 0.1) is 6.92 Å². The Morgan fingerprint density at radius 3 is 2.26 bits per heavy atom. The van der Waals surface area contributed by atoms with Crippen molar-refractivity contribution in [2.75, 3.05) is 17.1 Å². The first-order chi connectivity index (χ1) is 17.5. The topological polar surface area (TPSA) is 86.8 Å². The van der Waals surface area contributed by atoms with E-state index in [1.165, 1.54) is 9.21 Å². The molecule has 0 radical (unpaired) electrons. The lowest BCUT2D eigenvalue weighted by Crippen LogP contribution is -2.53. The minimum absolute atomic E-state index is 0.0239. The van der Waals surface area contributed by atoms with Crippen LogP contribution in [-0.2, 0) is 26.2 Å². The Balaban J connectivity index is 2.31. The molecule has 2 aromatic carbocycles. The number of nitrogens with one attached hydrogen (secondary N) is 1. The average Bonchev–Trinajstić information content (AvgIpc) is 2.78. The molecule has 0 aliphatic carbocycles. The maximum absolute atomic E-state index is 13.6. The SMILES string of the molecule is CCC(C(=O)NC(C)(C)C)N(Cc1ccc(Cl)cc1Cl)C(=O)CCCN(c1cccc(Cl)c1C)S(C)(=O)=O. The molecule has 0 heterocycles. The monoisotopic (exact) mass is 603 g/mol. The van der Waals surface area contributed by atoms with Crippen LogP contribution in [0.15, 0.2) is 36.4 Å². The Labute approximate surface area is 241 Å². The van der Waals surface area contributed by atoms with E-state index in [1.54, 1.807) is 43.3 Å². The number of rotatable bonds is 11. The van der Waals surface area contributed by atoms with Crippen molar-refractivity contribution in [3.63, 3.8) is 0 Å². The van der Waals surface area contributed by atoms with E-state index in [-0.39, 0.29) is 37.7 Å². The van der Waals surface area contributed by atoms with Gasteiger partial charge in [-0.1, -0.05) is 53.9 Å². The van der Waals surface area contributed by atoms with Gasteiger partial charge < -0.3 is 10.2 Å². The summed E-state index contributed by atoms with van der Waals surface area (Å²) in [4.78, 5) is 28.3. The van der Waals surface area contributed by atoms with Crippen molar-refractivity contribution in [2.45, 2.75) is 72.0 Å². The van der Waals surface area contributed by atoms with Crippen LogP contribution < -0.4 is 9.62 Å². The predicted octanol–water partition coefficient (Wildman–Crippen LogP) is 6.22. The van der Waals surface area contributed by atoms with E-state index in [9.17, 15) is 18.0 Å². The summed E-state index contributed by atoms with van der Waals surface area (Å²) in [5.41, 5.74) is 1.27.